The van der Waals surface area contributed by atoms with E-state index in [2.05, 4.69) is 21.6 Å². The molecule has 7 nitrogen and oxygen atoms in total. The van der Waals surface area contributed by atoms with Gasteiger partial charge in [-0.3, -0.25) is 9.58 Å². The van der Waals surface area contributed by atoms with Crippen molar-refractivity contribution in [2.24, 2.45) is 7.05 Å². The van der Waals surface area contributed by atoms with Crippen LogP contribution >= 0.6 is 0 Å². The number of nitrogen functional groups attached to an aromatic ring is 1. The van der Waals surface area contributed by atoms with Crippen molar-refractivity contribution in [3.8, 4) is 0 Å². The summed E-state index contributed by atoms with van der Waals surface area (Å²) < 4.78 is 28.9. The first kappa shape index (κ1) is 15.3. The molecule has 2 heterocycles. The van der Waals surface area contributed by atoms with Crippen LogP contribution in [0.5, 0.6) is 0 Å². The van der Waals surface area contributed by atoms with Gasteiger partial charge in [0.1, 0.15) is 4.90 Å². The molecule has 0 aliphatic carbocycles. The largest absolute Gasteiger partial charge is 0.381 e. The molecule has 0 bridgehead atoms. The van der Waals surface area contributed by atoms with Gasteiger partial charge in [0, 0.05) is 19.6 Å². The number of likely N-dealkylation sites (tertiary alicyclic amines) is 1. The maximum Gasteiger partial charge on any atom is 0.246 e. The van der Waals surface area contributed by atoms with Crippen molar-refractivity contribution in [1.29, 1.82) is 0 Å². The molecule has 2 rings (SSSR count). The van der Waals surface area contributed by atoms with E-state index < -0.39 is 10.0 Å². The van der Waals surface area contributed by atoms with E-state index in [1.807, 2.05) is 0 Å². The summed E-state index contributed by atoms with van der Waals surface area (Å²) in [5, 5.41) is 3.95. The summed E-state index contributed by atoms with van der Waals surface area (Å²) in [6, 6.07) is 0.271. The molecule has 114 valence electrons. The summed E-state index contributed by atoms with van der Waals surface area (Å²) in [7, 11) is -1.92. The fourth-order valence-corrected chi connectivity index (χ4v) is 4.16. The quantitative estimate of drug-likeness (QED) is 0.803. The van der Waals surface area contributed by atoms with Crippen LogP contribution in [-0.4, -0.2) is 48.8 Å². The second kappa shape index (κ2) is 5.71. The van der Waals surface area contributed by atoms with Crippen LogP contribution in [0.4, 0.5) is 5.82 Å². The molecule has 1 unspecified atom stereocenters. The lowest BCUT2D eigenvalue weighted by atomic mass is 10.2. The zero-order valence-electron chi connectivity index (χ0n) is 12.3. The predicted octanol–water partition coefficient (Wildman–Crippen LogP) is 0.0733. The maximum absolute atomic E-state index is 12.4. The number of nitrogens with zero attached hydrogens (tertiary/aromatic N) is 3. The van der Waals surface area contributed by atoms with E-state index in [4.69, 9.17) is 5.73 Å². The summed E-state index contributed by atoms with van der Waals surface area (Å²) in [5.41, 5.74) is 6.25. The summed E-state index contributed by atoms with van der Waals surface area (Å²) in [5.74, 6) is 0.0521. The highest BCUT2D eigenvalue weighted by Gasteiger charge is 2.28. The molecule has 0 radical (unpaired) electrons. The molecule has 1 aromatic heterocycles. The van der Waals surface area contributed by atoms with Crippen LogP contribution in [0, 0.1) is 6.92 Å². The van der Waals surface area contributed by atoms with E-state index in [0.29, 0.717) is 12.2 Å². The second-order valence-electron chi connectivity index (χ2n) is 5.20. The van der Waals surface area contributed by atoms with Crippen molar-refractivity contribution in [3.63, 3.8) is 0 Å². The highest BCUT2D eigenvalue weighted by atomic mass is 32.2. The SMILES string of the molecule is CCN1CCCC1CNS(=O)(=O)c1c(N)nn(C)c1C. The third kappa shape index (κ3) is 2.82. The van der Waals surface area contributed by atoms with E-state index in [9.17, 15) is 8.42 Å². The number of aryl methyl sites for hydroxylation is 1. The normalized spacial score (nSPS) is 20.6. The van der Waals surface area contributed by atoms with Gasteiger partial charge in [0.15, 0.2) is 5.82 Å². The van der Waals surface area contributed by atoms with Crippen LogP contribution in [-0.2, 0) is 17.1 Å². The van der Waals surface area contributed by atoms with Gasteiger partial charge in [-0.05, 0) is 32.9 Å². The van der Waals surface area contributed by atoms with Crippen molar-refractivity contribution in [2.75, 3.05) is 25.4 Å². The fourth-order valence-electron chi connectivity index (χ4n) is 2.77. The number of nitrogens with one attached hydrogen (secondary N) is 1. The first-order valence-electron chi connectivity index (χ1n) is 6.89. The highest BCUT2D eigenvalue weighted by Crippen LogP contribution is 2.22. The van der Waals surface area contributed by atoms with E-state index in [-0.39, 0.29) is 16.8 Å². The van der Waals surface area contributed by atoms with Crippen molar-refractivity contribution in [1.82, 2.24) is 19.4 Å². The third-order valence-corrected chi connectivity index (χ3v) is 5.58. The van der Waals surface area contributed by atoms with Crippen LogP contribution < -0.4 is 10.5 Å². The van der Waals surface area contributed by atoms with Gasteiger partial charge < -0.3 is 5.73 Å². The zero-order chi connectivity index (χ0) is 14.9. The van der Waals surface area contributed by atoms with Crippen LogP contribution in [0.15, 0.2) is 4.90 Å². The van der Waals surface area contributed by atoms with E-state index in [1.165, 1.54) is 4.68 Å². The third-order valence-electron chi connectivity index (χ3n) is 3.99. The number of hydrogen-bond acceptors (Lipinski definition) is 5. The molecular weight excluding hydrogens is 278 g/mol. The molecule has 8 heteroatoms. The van der Waals surface area contributed by atoms with Crippen molar-refractivity contribution in [3.05, 3.63) is 5.69 Å². The lowest BCUT2D eigenvalue weighted by Gasteiger charge is -2.22. The number of likely N-dealkylation sites (N-methyl/N-ethyl adjacent to an activating group) is 1. The molecule has 0 amide bonds. The Morgan fingerprint density at radius 3 is 2.75 bits per heavy atom. The monoisotopic (exact) mass is 301 g/mol. The molecule has 1 saturated heterocycles. The van der Waals surface area contributed by atoms with Crippen molar-refractivity contribution in [2.45, 2.75) is 37.6 Å². The molecule has 20 heavy (non-hydrogen) atoms. The smallest absolute Gasteiger partial charge is 0.246 e. The van der Waals surface area contributed by atoms with E-state index in [0.717, 1.165) is 25.9 Å². The zero-order valence-corrected chi connectivity index (χ0v) is 13.1. The number of aromatic nitrogens is 2. The Morgan fingerprint density at radius 2 is 2.20 bits per heavy atom. The Kier molecular flexibility index (Phi) is 4.36. The van der Waals surface area contributed by atoms with Gasteiger partial charge >= 0.3 is 0 Å². The van der Waals surface area contributed by atoms with Crippen LogP contribution in [0.1, 0.15) is 25.5 Å². The highest BCUT2D eigenvalue weighted by molar-refractivity contribution is 7.89. The molecule has 3 N–H and O–H groups in total. The Morgan fingerprint density at radius 1 is 1.50 bits per heavy atom. The number of rotatable bonds is 5. The molecule has 1 atom stereocenters. The molecule has 1 aliphatic rings. The molecule has 1 aromatic rings. The minimum Gasteiger partial charge on any atom is -0.381 e. The Balaban J connectivity index is 2.12. The van der Waals surface area contributed by atoms with Gasteiger partial charge in [0.2, 0.25) is 10.0 Å². The summed E-state index contributed by atoms with van der Waals surface area (Å²) in [6.07, 6.45) is 2.14. The minimum absolute atomic E-state index is 0.0521. The maximum atomic E-state index is 12.4. The van der Waals surface area contributed by atoms with Gasteiger partial charge in [-0.15, -0.1) is 0 Å². The fraction of sp³-hybridized carbons (Fsp3) is 0.750. The van der Waals surface area contributed by atoms with Crippen molar-refractivity contribution >= 4 is 15.8 Å². The van der Waals surface area contributed by atoms with Gasteiger partial charge in [-0.2, -0.15) is 5.10 Å². The first-order chi connectivity index (χ1) is 9.36. The number of nitrogens with two attached hydrogens (primary N) is 1. The Hall–Kier alpha value is -1.12. The Labute approximate surface area is 120 Å². The minimum atomic E-state index is -3.60. The summed E-state index contributed by atoms with van der Waals surface area (Å²) in [4.78, 5) is 2.39. The molecule has 0 spiro atoms. The lowest BCUT2D eigenvalue weighted by Crippen LogP contribution is -2.40. The standard InChI is InChI=1S/C12H23N5O2S/c1-4-17-7-5-6-10(17)8-14-20(18,19)11-9(2)16(3)15-12(11)13/h10,14H,4-8H2,1-3H3,(H2,13,15). The number of hydrogen-bond donors (Lipinski definition) is 2. The molecule has 1 fully saturated rings. The van der Waals surface area contributed by atoms with E-state index >= 15 is 0 Å². The summed E-state index contributed by atoms with van der Waals surface area (Å²) in [6.45, 7) is 6.20. The Bertz CT molecular complexity index is 581. The first-order valence-corrected chi connectivity index (χ1v) is 8.38. The van der Waals surface area contributed by atoms with Crippen LogP contribution in [0.25, 0.3) is 0 Å². The topological polar surface area (TPSA) is 93.2 Å². The number of anilines is 1. The van der Waals surface area contributed by atoms with Gasteiger partial charge in [-0.25, -0.2) is 13.1 Å². The predicted molar refractivity (Wildman–Crippen MR) is 77.8 cm³/mol. The lowest BCUT2D eigenvalue weighted by molar-refractivity contribution is 0.268. The molecular formula is C12H23N5O2S. The average molecular weight is 301 g/mol. The van der Waals surface area contributed by atoms with Gasteiger partial charge in [-0.1, -0.05) is 6.92 Å². The molecule has 0 saturated carbocycles. The summed E-state index contributed by atoms with van der Waals surface area (Å²) >= 11 is 0. The van der Waals surface area contributed by atoms with E-state index in [1.54, 1.807) is 14.0 Å². The molecule has 0 aromatic carbocycles. The van der Waals surface area contributed by atoms with Crippen molar-refractivity contribution < 1.29 is 8.42 Å². The molecule has 1 aliphatic heterocycles. The average Bonchev–Trinajstić information content (AvgIpc) is 2.92. The number of sulfonamides is 1. The van der Waals surface area contributed by atoms with Crippen LogP contribution in [0.3, 0.4) is 0 Å². The van der Waals surface area contributed by atoms with Gasteiger partial charge in [0.25, 0.3) is 0 Å². The second-order valence-corrected chi connectivity index (χ2v) is 6.90. The van der Waals surface area contributed by atoms with Crippen LogP contribution in [0.2, 0.25) is 0 Å². The van der Waals surface area contributed by atoms with Gasteiger partial charge in [0.05, 0.1) is 5.69 Å².